The van der Waals surface area contributed by atoms with E-state index in [1.165, 1.54) is 26.5 Å². The van der Waals surface area contributed by atoms with Gasteiger partial charge in [0.05, 0.1) is 7.11 Å². The lowest BCUT2D eigenvalue weighted by atomic mass is 9.96. The van der Waals surface area contributed by atoms with E-state index < -0.39 is 0 Å². The third kappa shape index (κ3) is 4.84. The molecule has 0 aromatic heterocycles. The molecule has 2 aliphatic rings. The Morgan fingerprint density at radius 3 is 2.50 bits per heavy atom. The lowest BCUT2D eigenvalue weighted by molar-refractivity contribution is 0.0951. The molecule has 0 spiro atoms. The molecule has 166 valence electrons. The minimum atomic E-state index is 0.378. The van der Waals surface area contributed by atoms with E-state index >= 15 is 0 Å². The van der Waals surface area contributed by atoms with Crippen LogP contribution in [-0.2, 0) is 12.8 Å². The molecule has 5 heteroatoms. The number of nitrogens with zero attached hydrogens (tertiary/aromatic N) is 2. The minimum Gasteiger partial charge on any atom is -0.497 e. The van der Waals surface area contributed by atoms with Crippen molar-refractivity contribution in [2.75, 3.05) is 39.8 Å². The molecule has 0 bridgehead atoms. The summed E-state index contributed by atoms with van der Waals surface area (Å²) in [4.78, 5) is 7.98. The Labute approximate surface area is 200 Å². The molecule has 2 heterocycles. The van der Waals surface area contributed by atoms with Crippen LogP contribution in [-0.4, -0.2) is 49.6 Å². The van der Waals surface area contributed by atoms with Gasteiger partial charge in [-0.25, -0.2) is 0 Å². The molecule has 1 unspecified atom stereocenters. The molecule has 32 heavy (non-hydrogen) atoms. The first-order valence-corrected chi connectivity index (χ1v) is 12.5. The molecule has 3 aromatic carbocycles. The van der Waals surface area contributed by atoms with Crippen LogP contribution in [0.25, 0.3) is 0 Å². The van der Waals surface area contributed by atoms with Crippen molar-refractivity contribution in [2.45, 2.75) is 28.7 Å². The molecule has 3 nitrogen and oxygen atoms in total. The summed E-state index contributed by atoms with van der Waals surface area (Å²) in [6.07, 6.45) is 2.12. The van der Waals surface area contributed by atoms with Gasteiger partial charge in [0.25, 0.3) is 0 Å². The van der Waals surface area contributed by atoms with Crippen molar-refractivity contribution in [3.05, 3.63) is 88.4 Å². The quantitative estimate of drug-likeness (QED) is 0.463. The maximum atomic E-state index is 6.44. The van der Waals surface area contributed by atoms with Crippen molar-refractivity contribution < 1.29 is 4.74 Å². The van der Waals surface area contributed by atoms with Gasteiger partial charge >= 0.3 is 0 Å². The van der Waals surface area contributed by atoms with E-state index in [4.69, 9.17) is 16.3 Å². The van der Waals surface area contributed by atoms with E-state index in [1.807, 2.05) is 17.8 Å². The number of fused-ring (bicyclic) bond motifs is 2. The van der Waals surface area contributed by atoms with E-state index in [1.54, 1.807) is 7.11 Å². The van der Waals surface area contributed by atoms with Gasteiger partial charge < -0.3 is 9.64 Å². The summed E-state index contributed by atoms with van der Waals surface area (Å²) in [5, 5.41) is 0.832. The fourth-order valence-electron chi connectivity index (χ4n) is 4.79. The predicted molar refractivity (Wildman–Crippen MR) is 133 cm³/mol. The topological polar surface area (TPSA) is 15.7 Å². The number of rotatable bonds is 5. The maximum absolute atomic E-state index is 6.44. The average Bonchev–Trinajstić information content (AvgIpc) is 3.00. The van der Waals surface area contributed by atoms with E-state index in [9.17, 15) is 0 Å². The van der Waals surface area contributed by atoms with Gasteiger partial charge in [-0.15, -0.1) is 0 Å². The van der Waals surface area contributed by atoms with Gasteiger partial charge in [-0.05, 0) is 65.9 Å². The Bertz CT molecular complexity index is 1060. The highest BCUT2D eigenvalue weighted by Gasteiger charge is 2.30. The summed E-state index contributed by atoms with van der Waals surface area (Å²) in [6, 6.07) is 24.1. The molecule has 0 N–H and O–H groups in total. The van der Waals surface area contributed by atoms with Crippen LogP contribution in [0.3, 0.4) is 0 Å². The highest BCUT2D eigenvalue weighted by atomic mass is 35.5. The largest absolute Gasteiger partial charge is 0.497 e. The smallest absolute Gasteiger partial charge is 0.118 e. The van der Waals surface area contributed by atoms with E-state index in [-0.39, 0.29) is 0 Å². The Morgan fingerprint density at radius 1 is 0.938 bits per heavy atom. The number of piperazine rings is 1. The average molecular weight is 465 g/mol. The molecule has 5 rings (SSSR count). The second-order valence-corrected chi connectivity index (χ2v) is 10.1. The molecule has 0 saturated carbocycles. The zero-order chi connectivity index (χ0) is 21.9. The van der Waals surface area contributed by atoms with Crippen LogP contribution in [0.2, 0.25) is 5.02 Å². The number of hydrogen-bond donors (Lipinski definition) is 0. The molecule has 1 fully saturated rings. The van der Waals surface area contributed by atoms with Crippen LogP contribution in [0, 0.1) is 0 Å². The van der Waals surface area contributed by atoms with Crippen molar-refractivity contribution in [3.63, 3.8) is 0 Å². The molecule has 0 aliphatic carbocycles. The zero-order valence-corrected chi connectivity index (χ0v) is 20.0. The molecule has 2 aliphatic heterocycles. The Morgan fingerprint density at radius 2 is 1.72 bits per heavy atom. The van der Waals surface area contributed by atoms with Gasteiger partial charge in [-0.2, -0.15) is 0 Å². The summed E-state index contributed by atoms with van der Waals surface area (Å²) in [5.41, 5.74) is 4.19. The van der Waals surface area contributed by atoms with Crippen LogP contribution in [0.5, 0.6) is 5.75 Å². The standard InChI is InChI=1S/C27H29ClN2OS/c1-31-23-9-6-20(7-10-23)12-13-29-14-16-30(17-15-29)25-18-21-4-2-3-5-26(21)32-27-11-8-22(28)19-24(25)27/h2-11,19,25H,12-18H2,1H3. The van der Waals surface area contributed by atoms with Crippen molar-refractivity contribution >= 4 is 23.4 Å². The maximum Gasteiger partial charge on any atom is 0.118 e. The minimum absolute atomic E-state index is 0.378. The summed E-state index contributed by atoms with van der Waals surface area (Å²) >= 11 is 8.33. The normalized spacial score (nSPS) is 19.1. The summed E-state index contributed by atoms with van der Waals surface area (Å²) in [7, 11) is 1.71. The highest BCUT2D eigenvalue weighted by molar-refractivity contribution is 7.99. The fourth-order valence-corrected chi connectivity index (χ4v) is 6.08. The lowest BCUT2D eigenvalue weighted by Gasteiger charge is -2.39. The molecular weight excluding hydrogens is 436 g/mol. The van der Waals surface area contributed by atoms with E-state index in [0.29, 0.717) is 6.04 Å². The van der Waals surface area contributed by atoms with Crippen LogP contribution in [0.1, 0.15) is 22.7 Å². The number of methoxy groups -OCH3 is 1. The summed E-state index contributed by atoms with van der Waals surface area (Å²) in [5.74, 6) is 0.922. The molecule has 1 atom stereocenters. The highest BCUT2D eigenvalue weighted by Crippen LogP contribution is 2.43. The van der Waals surface area contributed by atoms with Gasteiger partial charge in [-0.1, -0.05) is 53.7 Å². The van der Waals surface area contributed by atoms with Gasteiger partial charge in [-0.3, -0.25) is 4.90 Å². The van der Waals surface area contributed by atoms with Gasteiger partial charge in [0.2, 0.25) is 0 Å². The number of ether oxygens (including phenoxy) is 1. The predicted octanol–water partition coefficient (Wildman–Crippen LogP) is 5.96. The molecule has 0 amide bonds. The van der Waals surface area contributed by atoms with Gasteiger partial charge in [0, 0.05) is 53.6 Å². The van der Waals surface area contributed by atoms with Gasteiger partial charge in [0.1, 0.15) is 5.75 Å². The lowest BCUT2D eigenvalue weighted by Crippen LogP contribution is -2.48. The molecule has 0 radical (unpaired) electrons. The third-order valence-electron chi connectivity index (χ3n) is 6.66. The van der Waals surface area contributed by atoms with E-state index in [2.05, 4.69) is 70.5 Å². The van der Waals surface area contributed by atoms with Crippen molar-refractivity contribution in [1.29, 1.82) is 0 Å². The number of benzene rings is 3. The first-order valence-electron chi connectivity index (χ1n) is 11.3. The number of halogens is 1. The second kappa shape index (κ2) is 9.88. The van der Waals surface area contributed by atoms with Crippen molar-refractivity contribution in [2.24, 2.45) is 0 Å². The SMILES string of the molecule is COc1ccc(CCN2CCN(C3Cc4ccccc4Sc4ccc(Cl)cc43)CC2)cc1. The monoisotopic (exact) mass is 464 g/mol. The Hall–Kier alpha value is -1.98. The molecule has 3 aromatic rings. The third-order valence-corrected chi connectivity index (χ3v) is 8.11. The molecule has 1 saturated heterocycles. The second-order valence-electron chi connectivity index (χ2n) is 8.59. The van der Waals surface area contributed by atoms with Crippen LogP contribution in [0.4, 0.5) is 0 Å². The van der Waals surface area contributed by atoms with Gasteiger partial charge in [0.15, 0.2) is 0 Å². The molecular formula is C27H29ClN2OS. The zero-order valence-electron chi connectivity index (χ0n) is 18.5. The van der Waals surface area contributed by atoms with Crippen LogP contribution in [0.15, 0.2) is 76.5 Å². The Balaban J connectivity index is 1.26. The summed E-state index contributed by atoms with van der Waals surface area (Å²) in [6.45, 7) is 5.50. The fraction of sp³-hybridized carbons (Fsp3) is 0.333. The van der Waals surface area contributed by atoms with Crippen LogP contribution < -0.4 is 4.74 Å². The van der Waals surface area contributed by atoms with Crippen molar-refractivity contribution in [3.8, 4) is 5.75 Å². The first kappa shape index (κ1) is 21.8. The van der Waals surface area contributed by atoms with Crippen molar-refractivity contribution in [1.82, 2.24) is 9.80 Å². The summed E-state index contributed by atoms with van der Waals surface area (Å²) < 4.78 is 5.27. The number of hydrogen-bond acceptors (Lipinski definition) is 4. The first-order chi connectivity index (χ1) is 15.7. The van der Waals surface area contributed by atoms with Crippen LogP contribution >= 0.6 is 23.4 Å². The van der Waals surface area contributed by atoms with E-state index in [0.717, 1.165) is 56.3 Å². The Kier molecular flexibility index (Phi) is 6.74.